The number of amides is 1. The fourth-order valence-electron chi connectivity index (χ4n) is 2.67. The molecule has 0 bridgehead atoms. The van der Waals surface area contributed by atoms with Gasteiger partial charge in [0.25, 0.3) is 0 Å². The summed E-state index contributed by atoms with van der Waals surface area (Å²) in [5.41, 5.74) is 0.838. The SMILES string of the molecule is CN1CCC2(CC1)C(=O)NSc1cnccc12. The molecule has 2 aliphatic heterocycles. The minimum atomic E-state index is -0.323. The van der Waals surface area contributed by atoms with Crippen molar-refractivity contribution in [1.82, 2.24) is 14.6 Å². The molecule has 0 atom stereocenters. The topological polar surface area (TPSA) is 45.2 Å². The number of nitrogens with zero attached hydrogens (tertiary/aromatic N) is 2. The summed E-state index contributed by atoms with van der Waals surface area (Å²) in [6, 6.07) is 2.01. The lowest BCUT2D eigenvalue weighted by atomic mass is 9.72. The fraction of sp³-hybridized carbons (Fsp3) is 0.500. The Labute approximate surface area is 105 Å². The van der Waals surface area contributed by atoms with Gasteiger partial charge < -0.3 is 4.90 Å². The zero-order valence-electron chi connectivity index (χ0n) is 9.77. The Balaban J connectivity index is 2.06. The van der Waals surface area contributed by atoms with Crippen molar-refractivity contribution in [3.63, 3.8) is 0 Å². The van der Waals surface area contributed by atoms with Crippen LogP contribution in [0.15, 0.2) is 23.4 Å². The van der Waals surface area contributed by atoms with Crippen LogP contribution in [0, 0.1) is 0 Å². The van der Waals surface area contributed by atoms with Crippen LogP contribution in [0.1, 0.15) is 18.4 Å². The highest BCUT2D eigenvalue weighted by molar-refractivity contribution is 7.98. The fourth-order valence-corrected chi connectivity index (χ4v) is 3.56. The molecule has 3 rings (SSSR count). The number of carbonyl (C=O) groups excluding carboxylic acids is 1. The molecule has 0 aromatic carbocycles. The number of rotatable bonds is 0. The summed E-state index contributed by atoms with van der Waals surface area (Å²) >= 11 is 1.39. The molecule has 2 aliphatic rings. The summed E-state index contributed by atoms with van der Waals surface area (Å²) in [6.07, 6.45) is 5.43. The Morgan fingerprint density at radius 3 is 3.00 bits per heavy atom. The highest BCUT2D eigenvalue weighted by atomic mass is 32.2. The van der Waals surface area contributed by atoms with E-state index in [1.165, 1.54) is 11.9 Å². The van der Waals surface area contributed by atoms with Gasteiger partial charge in [0, 0.05) is 12.4 Å². The van der Waals surface area contributed by atoms with Crippen LogP contribution in [0.25, 0.3) is 0 Å². The maximum absolute atomic E-state index is 12.3. The van der Waals surface area contributed by atoms with E-state index >= 15 is 0 Å². The lowest BCUT2D eigenvalue weighted by molar-refractivity contribution is -0.126. The monoisotopic (exact) mass is 249 g/mol. The van der Waals surface area contributed by atoms with Crippen molar-refractivity contribution in [3.05, 3.63) is 24.0 Å². The Kier molecular flexibility index (Phi) is 2.60. The van der Waals surface area contributed by atoms with E-state index in [0.29, 0.717) is 0 Å². The van der Waals surface area contributed by atoms with Gasteiger partial charge in [-0.25, -0.2) is 0 Å². The van der Waals surface area contributed by atoms with Crippen LogP contribution in [0.5, 0.6) is 0 Å². The third-order valence-electron chi connectivity index (χ3n) is 3.83. The molecule has 0 aliphatic carbocycles. The van der Waals surface area contributed by atoms with E-state index in [1.54, 1.807) is 6.20 Å². The van der Waals surface area contributed by atoms with Crippen molar-refractivity contribution in [2.45, 2.75) is 23.2 Å². The van der Waals surface area contributed by atoms with E-state index < -0.39 is 0 Å². The highest BCUT2D eigenvalue weighted by Gasteiger charge is 2.46. The summed E-state index contributed by atoms with van der Waals surface area (Å²) in [4.78, 5) is 19.8. The number of hydrogen-bond acceptors (Lipinski definition) is 4. The van der Waals surface area contributed by atoms with Crippen LogP contribution in [0.2, 0.25) is 0 Å². The van der Waals surface area contributed by atoms with Crippen LogP contribution in [-0.2, 0) is 10.2 Å². The van der Waals surface area contributed by atoms with Crippen LogP contribution < -0.4 is 4.72 Å². The zero-order chi connectivity index (χ0) is 11.9. The first-order valence-corrected chi connectivity index (χ1v) is 6.64. The molecule has 1 spiro atoms. The van der Waals surface area contributed by atoms with E-state index in [1.807, 2.05) is 12.3 Å². The van der Waals surface area contributed by atoms with E-state index in [-0.39, 0.29) is 11.3 Å². The first-order chi connectivity index (χ1) is 8.22. The molecule has 90 valence electrons. The van der Waals surface area contributed by atoms with E-state index in [4.69, 9.17) is 0 Å². The largest absolute Gasteiger partial charge is 0.306 e. The number of fused-ring (bicyclic) bond motifs is 2. The first-order valence-electron chi connectivity index (χ1n) is 5.83. The van der Waals surface area contributed by atoms with Crippen LogP contribution in [0.3, 0.4) is 0 Å². The maximum atomic E-state index is 12.3. The van der Waals surface area contributed by atoms with Gasteiger partial charge in [-0.3, -0.25) is 14.5 Å². The van der Waals surface area contributed by atoms with Gasteiger partial charge in [-0.2, -0.15) is 0 Å². The molecule has 5 heteroatoms. The molecule has 1 aromatic heterocycles. The lowest BCUT2D eigenvalue weighted by Crippen LogP contribution is -2.51. The molecule has 3 heterocycles. The number of hydrogen-bond donors (Lipinski definition) is 1. The number of pyridine rings is 1. The molecule has 1 amide bonds. The zero-order valence-corrected chi connectivity index (χ0v) is 10.6. The second kappa shape index (κ2) is 3.99. The second-order valence-electron chi connectivity index (χ2n) is 4.79. The highest BCUT2D eigenvalue weighted by Crippen LogP contribution is 2.43. The quantitative estimate of drug-likeness (QED) is 0.701. The summed E-state index contributed by atoms with van der Waals surface area (Å²) in [7, 11) is 2.11. The minimum absolute atomic E-state index is 0.161. The summed E-state index contributed by atoms with van der Waals surface area (Å²) in [6.45, 7) is 1.94. The second-order valence-corrected chi connectivity index (χ2v) is 5.64. The summed E-state index contributed by atoms with van der Waals surface area (Å²) < 4.78 is 2.93. The molecule has 0 saturated carbocycles. The number of aromatic nitrogens is 1. The maximum Gasteiger partial charge on any atom is 0.240 e. The molecule has 1 saturated heterocycles. The molecule has 4 nitrogen and oxygen atoms in total. The number of likely N-dealkylation sites (tertiary alicyclic amines) is 1. The van der Waals surface area contributed by atoms with Crippen molar-refractivity contribution in [2.75, 3.05) is 20.1 Å². The van der Waals surface area contributed by atoms with Gasteiger partial charge in [-0.15, -0.1) is 0 Å². The standard InChI is InChI=1S/C12H15N3OS/c1-15-6-3-12(4-7-15)9-2-5-13-8-10(9)17-14-11(12)16/h2,5,8H,3-4,6-7H2,1H3,(H,14,16). The molecular weight excluding hydrogens is 234 g/mol. The van der Waals surface area contributed by atoms with Gasteiger partial charge in [0.05, 0.1) is 10.3 Å². The Hall–Kier alpha value is -1.07. The minimum Gasteiger partial charge on any atom is -0.306 e. The molecular formula is C12H15N3OS. The number of nitrogens with one attached hydrogen (secondary N) is 1. The molecule has 1 N–H and O–H groups in total. The van der Waals surface area contributed by atoms with Crippen molar-refractivity contribution in [2.24, 2.45) is 0 Å². The van der Waals surface area contributed by atoms with Gasteiger partial charge in [-0.05, 0) is 56.6 Å². The van der Waals surface area contributed by atoms with Crippen LogP contribution >= 0.6 is 11.9 Å². The van der Waals surface area contributed by atoms with Gasteiger partial charge in [-0.1, -0.05) is 0 Å². The number of carbonyl (C=O) groups is 1. The van der Waals surface area contributed by atoms with E-state index in [9.17, 15) is 4.79 Å². The number of piperidine rings is 1. The van der Waals surface area contributed by atoms with Crippen LogP contribution in [-0.4, -0.2) is 35.9 Å². The Bertz CT molecular complexity index is 455. The Morgan fingerprint density at radius 1 is 1.47 bits per heavy atom. The van der Waals surface area contributed by atoms with Crippen molar-refractivity contribution < 1.29 is 4.79 Å². The molecule has 0 radical (unpaired) electrons. The third-order valence-corrected chi connectivity index (χ3v) is 4.66. The predicted octanol–water partition coefficient (Wildman–Crippen LogP) is 1.18. The van der Waals surface area contributed by atoms with Gasteiger partial charge in [0.15, 0.2) is 0 Å². The lowest BCUT2D eigenvalue weighted by Gasteiger charge is -2.42. The smallest absolute Gasteiger partial charge is 0.240 e. The van der Waals surface area contributed by atoms with Crippen LogP contribution in [0.4, 0.5) is 0 Å². The third kappa shape index (κ3) is 1.65. The van der Waals surface area contributed by atoms with Crippen molar-refractivity contribution in [3.8, 4) is 0 Å². The molecule has 1 fully saturated rings. The van der Waals surface area contributed by atoms with Gasteiger partial charge >= 0.3 is 0 Å². The van der Waals surface area contributed by atoms with E-state index in [2.05, 4.69) is 21.7 Å². The molecule has 1 aromatic rings. The van der Waals surface area contributed by atoms with Gasteiger partial charge in [0.1, 0.15) is 0 Å². The Morgan fingerprint density at radius 2 is 2.24 bits per heavy atom. The molecule has 0 unspecified atom stereocenters. The van der Waals surface area contributed by atoms with Crippen molar-refractivity contribution in [1.29, 1.82) is 0 Å². The average molecular weight is 249 g/mol. The predicted molar refractivity (Wildman–Crippen MR) is 66.6 cm³/mol. The van der Waals surface area contributed by atoms with Gasteiger partial charge in [0.2, 0.25) is 5.91 Å². The van der Waals surface area contributed by atoms with E-state index in [0.717, 1.165) is 36.4 Å². The first kappa shape index (κ1) is 11.0. The summed E-state index contributed by atoms with van der Waals surface area (Å²) in [5, 5.41) is 0. The summed E-state index contributed by atoms with van der Waals surface area (Å²) in [5.74, 6) is 0.161. The average Bonchev–Trinajstić information content (AvgIpc) is 2.37. The normalized spacial score (nSPS) is 23.2. The molecule has 17 heavy (non-hydrogen) atoms. The van der Waals surface area contributed by atoms with Crippen molar-refractivity contribution >= 4 is 17.9 Å².